The number of benzene rings is 1. The zero-order chi connectivity index (χ0) is 20.0. The second kappa shape index (κ2) is 8.99. The molecule has 0 atom stereocenters. The Morgan fingerprint density at radius 3 is 2.48 bits per heavy atom. The predicted octanol–water partition coefficient (Wildman–Crippen LogP) is 3.09. The lowest BCUT2D eigenvalue weighted by molar-refractivity contribution is -0.136. The van der Waals surface area contributed by atoms with Gasteiger partial charge in [0.2, 0.25) is 23.5 Å². The summed E-state index contributed by atoms with van der Waals surface area (Å²) in [5.41, 5.74) is 0.455. The molecule has 1 aromatic heterocycles. The fraction of sp³-hybridized carbons (Fsp3) is 0.474. The molecule has 1 heterocycles. The van der Waals surface area contributed by atoms with Crippen LogP contribution in [0.3, 0.4) is 0 Å². The van der Waals surface area contributed by atoms with Gasteiger partial charge in [-0.15, -0.1) is 0 Å². The van der Waals surface area contributed by atoms with E-state index in [1.54, 1.807) is 24.3 Å². The van der Waals surface area contributed by atoms with Crippen LogP contribution in [0, 0.1) is 0 Å². The number of nitrogens with zero attached hydrogens (tertiary/aromatic N) is 3. The molecule has 2 rings (SSSR count). The zero-order valence-electron chi connectivity index (χ0n) is 16.1. The lowest BCUT2D eigenvalue weighted by Crippen LogP contribution is -2.47. The van der Waals surface area contributed by atoms with Crippen LogP contribution in [-0.2, 0) is 16.0 Å². The number of amides is 2. The molecule has 0 unspecified atom stereocenters. The van der Waals surface area contributed by atoms with E-state index < -0.39 is 0 Å². The number of halogens is 1. The molecule has 8 heteroatoms. The van der Waals surface area contributed by atoms with Gasteiger partial charge in [0.05, 0.1) is 6.54 Å². The number of nitrogens with one attached hydrogen (secondary N) is 1. The van der Waals surface area contributed by atoms with E-state index in [9.17, 15) is 9.59 Å². The highest BCUT2D eigenvalue weighted by molar-refractivity contribution is 6.30. The van der Waals surface area contributed by atoms with Crippen LogP contribution in [0.1, 0.15) is 40.0 Å². The molecule has 2 amide bonds. The minimum Gasteiger partial charge on any atom is -0.350 e. The van der Waals surface area contributed by atoms with E-state index in [-0.39, 0.29) is 30.3 Å². The molecule has 2 aromatic rings. The summed E-state index contributed by atoms with van der Waals surface area (Å²) >= 11 is 5.87. The Hall–Kier alpha value is -2.41. The first-order valence-corrected chi connectivity index (χ1v) is 9.23. The largest absolute Gasteiger partial charge is 0.350 e. The van der Waals surface area contributed by atoms with Gasteiger partial charge in [-0.2, -0.15) is 4.98 Å². The average Bonchev–Trinajstić information content (AvgIpc) is 3.05. The third-order valence-corrected chi connectivity index (χ3v) is 3.96. The molecule has 7 nitrogen and oxygen atoms in total. The molecule has 0 bridgehead atoms. The second-order valence-electron chi connectivity index (χ2n) is 7.22. The molecule has 0 saturated carbocycles. The van der Waals surface area contributed by atoms with Gasteiger partial charge in [-0.3, -0.25) is 9.59 Å². The first-order valence-electron chi connectivity index (χ1n) is 8.85. The highest BCUT2D eigenvalue weighted by Crippen LogP contribution is 2.19. The summed E-state index contributed by atoms with van der Waals surface area (Å²) < 4.78 is 5.22. The Labute approximate surface area is 164 Å². The van der Waals surface area contributed by atoms with Crippen LogP contribution in [0.4, 0.5) is 0 Å². The highest BCUT2D eigenvalue weighted by Gasteiger charge is 2.20. The standard InChI is InChI=1S/C19H25ClN4O3/c1-5-24(12-15(25)22-19(2,3)4)17(26)11-10-16-21-18(23-27-16)13-6-8-14(20)9-7-13/h6-9H,5,10-12H2,1-4H3,(H,22,25). The number of carbonyl (C=O) groups is 2. The van der Waals surface area contributed by atoms with E-state index in [4.69, 9.17) is 16.1 Å². The van der Waals surface area contributed by atoms with Crippen LogP contribution >= 0.6 is 11.6 Å². The fourth-order valence-corrected chi connectivity index (χ4v) is 2.58. The van der Waals surface area contributed by atoms with E-state index in [2.05, 4.69) is 15.5 Å². The Morgan fingerprint density at radius 1 is 1.22 bits per heavy atom. The minimum absolute atomic E-state index is 0.0342. The van der Waals surface area contributed by atoms with E-state index in [1.165, 1.54) is 4.90 Å². The maximum absolute atomic E-state index is 12.4. The lowest BCUT2D eigenvalue weighted by atomic mass is 10.1. The van der Waals surface area contributed by atoms with E-state index in [0.717, 1.165) is 5.56 Å². The average molecular weight is 393 g/mol. The number of carbonyl (C=O) groups excluding carboxylic acids is 2. The Morgan fingerprint density at radius 2 is 1.89 bits per heavy atom. The Bertz CT molecular complexity index is 781. The molecule has 27 heavy (non-hydrogen) atoms. The summed E-state index contributed by atoms with van der Waals surface area (Å²) in [7, 11) is 0. The van der Waals surface area contributed by atoms with Crippen molar-refractivity contribution < 1.29 is 14.1 Å². The smallest absolute Gasteiger partial charge is 0.240 e. The number of rotatable bonds is 7. The number of aromatic nitrogens is 2. The van der Waals surface area contributed by atoms with Crippen molar-refractivity contribution in [3.8, 4) is 11.4 Å². The van der Waals surface area contributed by atoms with Crippen molar-refractivity contribution in [1.82, 2.24) is 20.4 Å². The van der Waals surface area contributed by atoms with E-state index in [1.807, 2.05) is 27.7 Å². The van der Waals surface area contributed by atoms with Gasteiger partial charge in [0.25, 0.3) is 0 Å². The molecule has 0 spiro atoms. The summed E-state index contributed by atoms with van der Waals surface area (Å²) in [4.78, 5) is 30.3. The molecular weight excluding hydrogens is 368 g/mol. The van der Waals surface area contributed by atoms with Crippen LogP contribution in [0.2, 0.25) is 5.02 Å². The molecule has 0 saturated heterocycles. The fourth-order valence-electron chi connectivity index (χ4n) is 2.45. The first kappa shape index (κ1) is 20.9. The number of likely N-dealkylation sites (N-methyl/N-ethyl adjacent to an activating group) is 1. The van der Waals surface area contributed by atoms with Crippen LogP contribution in [0.15, 0.2) is 28.8 Å². The minimum atomic E-state index is -0.332. The quantitative estimate of drug-likeness (QED) is 0.782. The Kier molecular flexibility index (Phi) is 6.96. The summed E-state index contributed by atoms with van der Waals surface area (Å²) in [5, 5.41) is 7.41. The summed E-state index contributed by atoms with van der Waals surface area (Å²) in [5.74, 6) is 0.517. The Balaban J connectivity index is 1.90. The zero-order valence-corrected chi connectivity index (χ0v) is 16.8. The molecule has 0 aliphatic rings. The van der Waals surface area contributed by atoms with Crippen molar-refractivity contribution in [2.45, 2.75) is 46.1 Å². The second-order valence-corrected chi connectivity index (χ2v) is 7.66. The van der Waals surface area contributed by atoms with Crippen molar-refractivity contribution >= 4 is 23.4 Å². The van der Waals surface area contributed by atoms with Crippen LogP contribution in [0.5, 0.6) is 0 Å². The van der Waals surface area contributed by atoms with Gasteiger partial charge in [-0.1, -0.05) is 16.8 Å². The summed E-state index contributed by atoms with van der Waals surface area (Å²) in [6.07, 6.45) is 0.510. The van der Waals surface area contributed by atoms with Crippen molar-refractivity contribution in [3.05, 3.63) is 35.2 Å². The SMILES string of the molecule is CCN(CC(=O)NC(C)(C)C)C(=O)CCc1nc(-c2ccc(Cl)cc2)no1. The number of hydrogen-bond acceptors (Lipinski definition) is 5. The van der Waals surface area contributed by atoms with Gasteiger partial charge < -0.3 is 14.7 Å². The van der Waals surface area contributed by atoms with Crippen LogP contribution in [-0.4, -0.2) is 45.5 Å². The van der Waals surface area contributed by atoms with Gasteiger partial charge in [0, 0.05) is 35.5 Å². The third-order valence-electron chi connectivity index (χ3n) is 3.71. The first-order chi connectivity index (χ1) is 12.7. The van der Waals surface area contributed by atoms with Gasteiger partial charge in [-0.05, 0) is 52.0 Å². The van der Waals surface area contributed by atoms with Gasteiger partial charge in [-0.25, -0.2) is 0 Å². The molecule has 1 aromatic carbocycles. The topological polar surface area (TPSA) is 88.3 Å². The molecule has 0 fully saturated rings. The van der Waals surface area contributed by atoms with Crippen molar-refractivity contribution in [3.63, 3.8) is 0 Å². The number of hydrogen-bond donors (Lipinski definition) is 1. The lowest BCUT2D eigenvalue weighted by Gasteiger charge is -2.25. The van der Waals surface area contributed by atoms with Crippen molar-refractivity contribution in [2.24, 2.45) is 0 Å². The molecule has 0 aliphatic heterocycles. The third kappa shape index (κ3) is 6.67. The maximum Gasteiger partial charge on any atom is 0.240 e. The predicted molar refractivity (Wildman–Crippen MR) is 103 cm³/mol. The molecule has 0 aliphatic carbocycles. The summed E-state index contributed by atoms with van der Waals surface area (Å²) in [6, 6.07) is 7.10. The van der Waals surface area contributed by atoms with Crippen LogP contribution in [0.25, 0.3) is 11.4 Å². The van der Waals surface area contributed by atoms with Gasteiger partial charge in [0.1, 0.15) is 0 Å². The molecule has 0 radical (unpaired) electrons. The van der Waals surface area contributed by atoms with Crippen molar-refractivity contribution in [1.29, 1.82) is 0 Å². The van der Waals surface area contributed by atoms with Crippen LogP contribution < -0.4 is 5.32 Å². The van der Waals surface area contributed by atoms with Crippen molar-refractivity contribution in [2.75, 3.05) is 13.1 Å². The van der Waals surface area contributed by atoms with Gasteiger partial charge >= 0.3 is 0 Å². The molecule has 1 N–H and O–H groups in total. The van der Waals surface area contributed by atoms with Gasteiger partial charge in [0.15, 0.2) is 0 Å². The monoisotopic (exact) mass is 392 g/mol. The summed E-state index contributed by atoms with van der Waals surface area (Å²) in [6.45, 7) is 8.03. The van der Waals surface area contributed by atoms with E-state index in [0.29, 0.717) is 29.7 Å². The number of aryl methyl sites for hydroxylation is 1. The van der Waals surface area contributed by atoms with E-state index >= 15 is 0 Å². The normalized spacial score (nSPS) is 11.3. The maximum atomic E-state index is 12.4. The molecule has 146 valence electrons. The molecular formula is C19H25ClN4O3. The highest BCUT2D eigenvalue weighted by atomic mass is 35.5.